The Bertz CT molecular complexity index is 588. The lowest BCUT2D eigenvalue weighted by atomic mass is 10.0. The SMILES string of the molecule is Cc1cc(OC(=O)c2cccs2)c(C(C)C)cc1I. The van der Waals surface area contributed by atoms with E-state index in [1.807, 2.05) is 24.4 Å². The normalized spacial score (nSPS) is 10.8. The van der Waals surface area contributed by atoms with Crippen LogP contribution in [0, 0.1) is 10.5 Å². The van der Waals surface area contributed by atoms with Gasteiger partial charge in [0.1, 0.15) is 10.6 Å². The van der Waals surface area contributed by atoms with E-state index in [0.717, 1.165) is 11.1 Å². The summed E-state index contributed by atoms with van der Waals surface area (Å²) in [6.45, 7) is 6.22. The third-order valence-corrected chi connectivity index (χ3v) is 4.85. The molecule has 2 rings (SSSR count). The van der Waals surface area contributed by atoms with Gasteiger partial charge in [-0.05, 0) is 70.1 Å². The molecule has 4 heteroatoms. The van der Waals surface area contributed by atoms with E-state index < -0.39 is 0 Å². The maximum Gasteiger partial charge on any atom is 0.353 e. The molecule has 100 valence electrons. The van der Waals surface area contributed by atoms with E-state index in [0.29, 0.717) is 16.5 Å². The second-order valence-corrected chi connectivity index (χ2v) is 6.77. The first-order chi connectivity index (χ1) is 8.99. The van der Waals surface area contributed by atoms with Gasteiger partial charge in [0.05, 0.1) is 0 Å². The Morgan fingerprint density at radius 2 is 2.11 bits per heavy atom. The molecule has 0 aliphatic rings. The van der Waals surface area contributed by atoms with Crippen molar-refractivity contribution in [3.05, 3.63) is 49.2 Å². The Labute approximate surface area is 130 Å². The van der Waals surface area contributed by atoms with Crippen molar-refractivity contribution in [1.29, 1.82) is 0 Å². The molecule has 0 aliphatic carbocycles. The van der Waals surface area contributed by atoms with E-state index in [1.54, 1.807) is 6.07 Å². The predicted octanol–water partition coefficient (Wildman–Crippen LogP) is 5.00. The average Bonchev–Trinajstić information content (AvgIpc) is 2.86. The van der Waals surface area contributed by atoms with Crippen molar-refractivity contribution in [2.45, 2.75) is 26.7 Å². The largest absolute Gasteiger partial charge is 0.422 e. The minimum Gasteiger partial charge on any atom is -0.422 e. The van der Waals surface area contributed by atoms with Crippen molar-refractivity contribution in [2.75, 3.05) is 0 Å². The van der Waals surface area contributed by atoms with Gasteiger partial charge in [-0.15, -0.1) is 11.3 Å². The zero-order valence-corrected chi connectivity index (χ0v) is 14.0. The smallest absolute Gasteiger partial charge is 0.353 e. The van der Waals surface area contributed by atoms with Crippen molar-refractivity contribution in [1.82, 2.24) is 0 Å². The van der Waals surface area contributed by atoms with E-state index >= 15 is 0 Å². The van der Waals surface area contributed by atoms with Gasteiger partial charge in [-0.1, -0.05) is 19.9 Å². The molecular weight excluding hydrogens is 371 g/mol. The first kappa shape index (κ1) is 14.5. The lowest BCUT2D eigenvalue weighted by molar-refractivity contribution is 0.0738. The van der Waals surface area contributed by atoms with Crippen LogP contribution >= 0.6 is 33.9 Å². The highest BCUT2D eigenvalue weighted by molar-refractivity contribution is 14.1. The molecule has 0 radical (unpaired) electrons. The van der Waals surface area contributed by atoms with Crippen LogP contribution in [0.4, 0.5) is 0 Å². The number of carbonyl (C=O) groups is 1. The third-order valence-electron chi connectivity index (χ3n) is 2.84. The van der Waals surface area contributed by atoms with Gasteiger partial charge >= 0.3 is 5.97 Å². The fourth-order valence-corrected chi connectivity index (χ4v) is 2.84. The molecule has 0 bridgehead atoms. The monoisotopic (exact) mass is 386 g/mol. The summed E-state index contributed by atoms with van der Waals surface area (Å²) in [5.41, 5.74) is 2.19. The summed E-state index contributed by atoms with van der Waals surface area (Å²) in [6, 6.07) is 7.67. The van der Waals surface area contributed by atoms with Crippen LogP contribution < -0.4 is 4.74 Å². The lowest BCUT2D eigenvalue weighted by Gasteiger charge is -2.14. The fraction of sp³-hybridized carbons (Fsp3) is 0.267. The highest BCUT2D eigenvalue weighted by Gasteiger charge is 2.15. The first-order valence-electron chi connectivity index (χ1n) is 6.04. The van der Waals surface area contributed by atoms with Gasteiger partial charge in [0.15, 0.2) is 0 Å². The number of thiophene rings is 1. The zero-order chi connectivity index (χ0) is 14.0. The average molecular weight is 386 g/mol. The number of ether oxygens (including phenoxy) is 1. The molecule has 1 aromatic heterocycles. The minimum absolute atomic E-state index is 0.280. The number of esters is 1. The quantitative estimate of drug-likeness (QED) is 0.422. The number of hydrogen-bond donors (Lipinski definition) is 0. The number of rotatable bonds is 3. The van der Waals surface area contributed by atoms with Crippen molar-refractivity contribution >= 4 is 39.9 Å². The standard InChI is InChI=1S/C15H15IO2S/c1-9(2)11-8-12(16)10(3)7-13(11)18-15(17)14-5-4-6-19-14/h4-9H,1-3H3. The summed E-state index contributed by atoms with van der Waals surface area (Å²) >= 11 is 3.70. The zero-order valence-electron chi connectivity index (χ0n) is 11.1. The Morgan fingerprint density at radius 1 is 1.37 bits per heavy atom. The van der Waals surface area contributed by atoms with E-state index in [9.17, 15) is 4.79 Å². The van der Waals surface area contributed by atoms with Gasteiger partial charge in [0.2, 0.25) is 0 Å². The number of hydrogen-bond acceptors (Lipinski definition) is 3. The van der Waals surface area contributed by atoms with Crippen molar-refractivity contribution < 1.29 is 9.53 Å². The molecule has 19 heavy (non-hydrogen) atoms. The number of benzene rings is 1. The van der Waals surface area contributed by atoms with Crippen LogP contribution in [0.3, 0.4) is 0 Å². The summed E-state index contributed by atoms with van der Waals surface area (Å²) < 4.78 is 6.75. The van der Waals surface area contributed by atoms with Gasteiger partial charge in [-0.2, -0.15) is 0 Å². The Balaban J connectivity index is 2.34. The van der Waals surface area contributed by atoms with Crippen LogP contribution in [-0.2, 0) is 0 Å². The molecular formula is C15H15IO2S. The molecule has 0 amide bonds. The van der Waals surface area contributed by atoms with E-state index in [2.05, 4.69) is 42.5 Å². The van der Waals surface area contributed by atoms with E-state index in [1.165, 1.54) is 14.9 Å². The molecule has 2 aromatic rings. The summed E-state index contributed by atoms with van der Waals surface area (Å²) in [6.07, 6.45) is 0. The maximum atomic E-state index is 12.0. The first-order valence-corrected chi connectivity index (χ1v) is 8.00. The number of carbonyl (C=O) groups excluding carboxylic acids is 1. The van der Waals surface area contributed by atoms with Crippen molar-refractivity contribution in [3.63, 3.8) is 0 Å². The predicted molar refractivity (Wildman–Crippen MR) is 87.3 cm³/mol. The molecule has 0 fully saturated rings. The summed E-state index contributed by atoms with van der Waals surface area (Å²) in [5, 5.41) is 1.87. The molecule has 0 unspecified atom stereocenters. The fourth-order valence-electron chi connectivity index (χ4n) is 1.75. The van der Waals surface area contributed by atoms with Crippen LogP contribution in [0.25, 0.3) is 0 Å². The van der Waals surface area contributed by atoms with Gasteiger partial charge in [-0.3, -0.25) is 0 Å². The van der Waals surface area contributed by atoms with E-state index in [-0.39, 0.29) is 5.97 Å². The Morgan fingerprint density at radius 3 is 2.68 bits per heavy atom. The minimum atomic E-state index is -0.280. The molecule has 0 atom stereocenters. The second kappa shape index (κ2) is 6.05. The van der Waals surface area contributed by atoms with Gasteiger partial charge < -0.3 is 4.74 Å². The van der Waals surface area contributed by atoms with E-state index in [4.69, 9.17) is 4.74 Å². The molecule has 1 heterocycles. The van der Waals surface area contributed by atoms with Crippen molar-refractivity contribution in [2.24, 2.45) is 0 Å². The molecule has 1 aromatic carbocycles. The van der Waals surface area contributed by atoms with Gasteiger partial charge in [-0.25, -0.2) is 4.79 Å². The second-order valence-electron chi connectivity index (χ2n) is 4.66. The summed E-state index contributed by atoms with van der Waals surface area (Å²) in [5.74, 6) is 0.712. The van der Waals surface area contributed by atoms with Crippen LogP contribution in [0.2, 0.25) is 0 Å². The lowest BCUT2D eigenvalue weighted by Crippen LogP contribution is -2.09. The molecule has 0 aliphatic heterocycles. The van der Waals surface area contributed by atoms with Gasteiger partial charge in [0.25, 0.3) is 0 Å². The Hall–Kier alpha value is -0.880. The van der Waals surface area contributed by atoms with Crippen molar-refractivity contribution in [3.8, 4) is 5.75 Å². The van der Waals surface area contributed by atoms with Crippen LogP contribution in [0.15, 0.2) is 29.6 Å². The molecule has 0 N–H and O–H groups in total. The maximum absolute atomic E-state index is 12.0. The van der Waals surface area contributed by atoms with Crippen LogP contribution in [-0.4, -0.2) is 5.97 Å². The summed E-state index contributed by atoms with van der Waals surface area (Å²) in [4.78, 5) is 12.7. The summed E-state index contributed by atoms with van der Waals surface area (Å²) in [7, 11) is 0. The molecule has 0 spiro atoms. The highest BCUT2D eigenvalue weighted by Crippen LogP contribution is 2.31. The van der Waals surface area contributed by atoms with Crippen LogP contribution in [0.5, 0.6) is 5.75 Å². The highest BCUT2D eigenvalue weighted by atomic mass is 127. The van der Waals surface area contributed by atoms with Crippen LogP contribution in [0.1, 0.15) is 40.6 Å². The van der Waals surface area contributed by atoms with Gasteiger partial charge in [0, 0.05) is 3.57 Å². The molecule has 2 nitrogen and oxygen atoms in total. The topological polar surface area (TPSA) is 26.3 Å². The number of halogens is 1. The Kier molecular flexibility index (Phi) is 4.62. The molecule has 0 saturated carbocycles. The number of aryl methyl sites for hydroxylation is 1. The third kappa shape index (κ3) is 3.36. The molecule has 0 saturated heterocycles.